The standard InChI is InChI=1S/C18H13BrN2O4S2/c1-25-14-7-11(12(19)9-13(14)22)8-15-17(24)21(18(26)27-15)20-16(23)10-5-3-2-4-6-10/h2-9,22H,1H3,(H,20,23)/b15-8+. The van der Waals surface area contributed by atoms with Crippen molar-refractivity contribution in [2.45, 2.75) is 0 Å². The van der Waals surface area contributed by atoms with Crippen LogP contribution in [0.2, 0.25) is 0 Å². The molecule has 27 heavy (non-hydrogen) atoms. The van der Waals surface area contributed by atoms with Crippen molar-refractivity contribution in [3.8, 4) is 11.5 Å². The van der Waals surface area contributed by atoms with Crippen LogP contribution in [0.5, 0.6) is 11.5 Å². The maximum atomic E-state index is 12.7. The van der Waals surface area contributed by atoms with Crippen LogP contribution in [0.25, 0.3) is 6.08 Å². The van der Waals surface area contributed by atoms with Gasteiger partial charge in [-0.25, -0.2) is 0 Å². The Morgan fingerprint density at radius 2 is 2.04 bits per heavy atom. The van der Waals surface area contributed by atoms with E-state index in [0.29, 0.717) is 20.5 Å². The molecule has 0 radical (unpaired) electrons. The van der Waals surface area contributed by atoms with Gasteiger partial charge in [0, 0.05) is 10.0 Å². The number of carbonyl (C=O) groups excluding carboxylic acids is 2. The lowest BCUT2D eigenvalue weighted by Crippen LogP contribution is -2.44. The number of benzene rings is 2. The van der Waals surface area contributed by atoms with Crippen LogP contribution in [-0.2, 0) is 4.79 Å². The molecule has 0 spiro atoms. The van der Waals surface area contributed by atoms with Crippen LogP contribution in [0, 0.1) is 0 Å². The Balaban J connectivity index is 1.84. The molecule has 1 aliphatic rings. The summed E-state index contributed by atoms with van der Waals surface area (Å²) in [5.74, 6) is -0.615. The summed E-state index contributed by atoms with van der Waals surface area (Å²) in [4.78, 5) is 25.3. The highest BCUT2D eigenvalue weighted by Gasteiger charge is 2.34. The fourth-order valence-corrected chi connectivity index (χ4v) is 3.91. The maximum Gasteiger partial charge on any atom is 0.285 e. The Kier molecular flexibility index (Phi) is 5.83. The first-order valence-corrected chi connectivity index (χ1v) is 9.63. The van der Waals surface area contributed by atoms with Gasteiger partial charge in [0.05, 0.1) is 12.0 Å². The predicted molar refractivity (Wildman–Crippen MR) is 111 cm³/mol. The van der Waals surface area contributed by atoms with Gasteiger partial charge in [-0.2, -0.15) is 5.01 Å². The van der Waals surface area contributed by atoms with E-state index in [1.165, 1.54) is 13.2 Å². The number of phenols is 1. The van der Waals surface area contributed by atoms with Crippen LogP contribution in [-0.4, -0.2) is 33.4 Å². The molecule has 1 saturated heterocycles. The summed E-state index contributed by atoms with van der Waals surface area (Å²) in [6.07, 6.45) is 1.61. The highest BCUT2D eigenvalue weighted by Crippen LogP contribution is 2.37. The Hall–Kier alpha value is -2.36. The zero-order valence-electron chi connectivity index (χ0n) is 13.9. The molecule has 3 rings (SSSR count). The Labute approximate surface area is 173 Å². The van der Waals surface area contributed by atoms with Gasteiger partial charge in [0.25, 0.3) is 11.8 Å². The van der Waals surface area contributed by atoms with E-state index in [1.807, 2.05) is 0 Å². The molecule has 9 heteroatoms. The van der Waals surface area contributed by atoms with E-state index in [-0.39, 0.29) is 15.8 Å². The minimum Gasteiger partial charge on any atom is -0.504 e. The Morgan fingerprint density at radius 1 is 1.33 bits per heavy atom. The Bertz CT molecular complexity index is 963. The largest absolute Gasteiger partial charge is 0.504 e. The molecule has 0 saturated carbocycles. The number of nitrogens with zero attached hydrogens (tertiary/aromatic N) is 1. The van der Waals surface area contributed by atoms with Gasteiger partial charge in [-0.1, -0.05) is 45.9 Å². The van der Waals surface area contributed by atoms with Crippen molar-refractivity contribution < 1.29 is 19.4 Å². The van der Waals surface area contributed by atoms with Gasteiger partial charge in [0.1, 0.15) is 0 Å². The molecule has 2 aromatic rings. The average molecular weight is 465 g/mol. The number of rotatable bonds is 4. The quantitative estimate of drug-likeness (QED) is 0.530. The van der Waals surface area contributed by atoms with Crippen molar-refractivity contribution in [2.75, 3.05) is 7.11 Å². The smallest absolute Gasteiger partial charge is 0.285 e. The van der Waals surface area contributed by atoms with Crippen LogP contribution in [0.3, 0.4) is 0 Å². The van der Waals surface area contributed by atoms with Crippen LogP contribution >= 0.6 is 39.9 Å². The molecule has 0 atom stereocenters. The molecule has 1 heterocycles. The van der Waals surface area contributed by atoms with E-state index >= 15 is 0 Å². The summed E-state index contributed by atoms with van der Waals surface area (Å²) in [6.45, 7) is 0. The second-order valence-electron chi connectivity index (χ2n) is 5.37. The van der Waals surface area contributed by atoms with E-state index in [4.69, 9.17) is 17.0 Å². The van der Waals surface area contributed by atoms with Gasteiger partial charge in [-0.15, -0.1) is 0 Å². The summed E-state index contributed by atoms with van der Waals surface area (Å²) in [5, 5.41) is 10.8. The fraction of sp³-hybridized carbons (Fsp3) is 0.0556. The maximum absolute atomic E-state index is 12.7. The predicted octanol–water partition coefficient (Wildman–Crippen LogP) is 3.71. The van der Waals surface area contributed by atoms with Crippen LogP contribution in [0.15, 0.2) is 51.8 Å². The van der Waals surface area contributed by atoms with E-state index in [9.17, 15) is 14.7 Å². The number of thioether (sulfide) groups is 1. The number of nitrogens with one attached hydrogen (secondary N) is 1. The van der Waals surface area contributed by atoms with Crippen molar-refractivity contribution in [3.05, 3.63) is 63.0 Å². The molecule has 0 aromatic heterocycles. The summed E-state index contributed by atoms with van der Waals surface area (Å²) in [6, 6.07) is 11.6. The summed E-state index contributed by atoms with van der Waals surface area (Å²) >= 11 is 9.63. The molecule has 0 bridgehead atoms. The number of hydrazine groups is 1. The first-order valence-electron chi connectivity index (χ1n) is 7.61. The third kappa shape index (κ3) is 4.15. The number of hydrogen-bond acceptors (Lipinski definition) is 6. The van der Waals surface area contributed by atoms with E-state index in [1.54, 1.807) is 42.5 Å². The van der Waals surface area contributed by atoms with E-state index in [2.05, 4.69) is 21.4 Å². The van der Waals surface area contributed by atoms with Crippen molar-refractivity contribution in [1.29, 1.82) is 0 Å². The molecule has 138 valence electrons. The highest BCUT2D eigenvalue weighted by molar-refractivity contribution is 9.10. The lowest BCUT2D eigenvalue weighted by atomic mass is 10.2. The zero-order valence-corrected chi connectivity index (χ0v) is 17.2. The molecule has 2 amide bonds. The van der Waals surface area contributed by atoms with Gasteiger partial charge < -0.3 is 9.84 Å². The molecule has 0 unspecified atom stereocenters. The summed E-state index contributed by atoms with van der Waals surface area (Å²) < 4.78 is 5.89. The van der Waals surface area contributed by atoms with E-state index < -0.39 is 11.8 Å². The van der Waals surface area contributed by atoms with Crippen LogP contribution in [0.1, 0.15) is 15.9 Å². The van der Waals surface area contributed by atoms with Crippen molar-refractivity contribution in [2.24, 2.45) is 0 Å². The number of hydrogen-bond donors (Lipinski definition) is 2. The third-order valence-electron chi connectivity index (χ3n) is 3.63. The number of halogens is 1. The molecule has 6 nitrogen and oxygen atoms in total. The number of amides is 2. The number of methoxy groups -OCH3 is 1. The number of ether oxygens (including phenoxy) is 1. The minimum atomic E-state index is -0.437. The lowest BCUT2D eigenvalue weighted by Gasteiger charge is -2.15. The second-order valence-corrected chi connectivity index (χ2v) is 7.90. The highest BCUT2D eigenvalue weighted by atomic mass is 79.9. The number of carbonyl (C=O) groups is 2. The van der Waals surface area contributed by atoms with Crippen molar-refractivity contribution in [3.63, 3.8) is 0 Å². The second kappa shape index (κ2) is 8.12. The van der Waals surface area contributed by atoms with Crippen molar-refractivity contribution in [1.82, 2.24) is 10.4 Å². The summed E-state index contributed by atoms with van der Waals surface area (Å²) in [5.41, 5.74) is 3.56. The van der Waals surface area contributed by atoms with Crippen LogP contribution in [0.4, 0.5) is 0 Å². The Morgan fingerprint density at radius 3 is 2.70 bits per heavy atom. The SMILES string of the molecule is COc1cc(/C=C2/SC(=S)N(NC(=O)c3ccccc3)C2=O)c(Br)cc1O. The zero-order chi connectivity index (χ0) is 19.6. The van der Waals surface area contributed by atoms with Gasteiger partial charge in [0.15, 0.2) is 15.8 Å². The summed E-state index contributed by atoms with van der Waals surface area (Å²) in [7, 11) is 1.44. The monoisotopic (exact) mass is 464 g/mol. The van der Waals surface area contributed by atoms with Crippen LogP contribution < -0.4 is 10.2 Å². The molecule has 1 fully saturated rings. The van der Waals surface area contributed by atoms with E-state index in [0.717, 1.165) is 16.8 Å². The topological polar surface area (TPSA) is 78.9 Å². The van der Waals surface area contributed by atoms with Gasteiger partial charge >= 0.3 is 0 Å². The van der Waals surface area contributed by atoms with Gasteiger partial charge in [-0.3, -0.25) is 15.0 Å². The first kappa shape index (κ1) is 19.4. The lowest BCUT2D eigenvalue weighted by molar-refractivity contribution is -0.123. The normalized spacial score (nSPS) is 15.3. The molecule has 2 N–H and O–H groups in total. The average Bonchev–Trinajstić information content (AvgIpc) is 2.92. The molecule has 2 aromatic carbocycles. The van der Waals surface area contributed by atoms with Crippen molar-refractivity contribution >= 4 is 62.1 Å². The molecule has 0 aliphatic carbocycles. The molecule has 1 aliphatic heterocycles. The van der Waals surface area contributed by atoms with Gasteiger partial charge in [-0.05, 0) is 48.1 Å². The number of thiocarbonyl (C=S) groups is 1. The number of phenolic OH excluding ortho intramolecular Hbond substituents is 1. The third-order valence-corrected chi connectivity index (χ3v) is 5.62. The fourth-order valence-electron chi connectivity index (χ4n) is 2.29. The molecular weight excluding hydrogens is 452 g/mol. The number of aromatic hydroxyl groups is 1. The first-order chi connectivity index (χ1) is 12.9. The van der Waals surface area contributed by atoms with Gasteiger partial charge in [0.2, 0.25) is 0 Å². The minimum absolute atomic E-state index is 0.0239. The molecular formula is C18H13BrN2O4S2.